The van der Waals surface area contributed by atoms with Crippen LogP contribution in [-0.4, -0.2) is 42.2 Å². The van der Waals surface area contributed by atoms with Gasteiger partial charge in [0.1, 0.15) is 0 Å². The van der Waals surface area contributed by atoms with Crippen molar-refractivity contribution in [2.24, 2.45) is 5.41 Å². The van der Waals surface area contributed by atoms with Gasteiger partial charge in [0.15, 0.2) is 5.82 Å². The molecule has 0 unspecified atom stereocenters. The summed E-state index contributed by atoms with van der Waals surface area (Å²) in [7, 11) is 1.93. The third kappa shape index (κ3) is 3.84. The van der Waals surface area contributed by atoms with Crippen LogP contribution in [0, 0.1) is 5.41 Å². The topological polar surface area (TPSA) is 73.9 Å². The Morgan fingerprint density at radius 3 is 2.48 bits per heavy atom. The maximum atomic E-state index is 4.78. The smallest absolute Gasteiger partial charge is 0.224 e. The Morgan fingerprint density at radius 2 is 1.80 bits per heavy atom. The molecule has 0 aromatic carbocycles. The Morgan fingerprint density at radius 1 is 1.04 bits per heavy atom. The molecule has 2 saturated carbocycles. The van der Waals surface area contributed by atoms with Gasteiger partial charge in [0.25, 0.3) is 0 Å². The summed E-state index contributed by atoms with van der Waals surface area (Å²) >= 11 is 0. The first-order valence-corrected chi connectivity index (χ1v) is 10.0. The van der Waals surface area contributed by atoms with E-state index in [0.29, 0.717) is 17.5 Å². The van der Waals surface area contributed by atoms with Crippen molar-refractivity contribution in [3.05, 3.63) is 6.20 Å². The Bertz CT molecular complexity index is 567. The molecule has 25 heavy (non-hydrogen) atoms. The standard InChI is InChI=1S/C19H32N6/c1-20-16-12-22-18(25-17(16)23-14-4-2-3-5-14)24-15-6-8-19(9-7-15)10-11-21-13-19/h12,14-15,20-21H,2-11,13H2,1H3,(H2,22,23,24,25). The summed E-state index contributed by atoms with van der Waals surface area (Å²) in [6, 6.07) is 1.06. The molecule has 0 bridgehead atoms. The van der Waals surface area contributed by atoms with Crippen molar-refractivity contribution in [1.82, 2.24) is 15.3 Å². The van der Waals surface area contributed by atoms with Crippen LogP contribution in [0.15, 0.2) is 6.20 Å². The minimum absolute atomic E-state index is 0.506. The third-order valence-electron chi connectivity index (χ3n) is 6.47. The first-order chi connectivity index (χ1) is 12.3. The van der Waals surface area contributed by atoms with Crippen molar-refractivity contribution >= 4 is 17.5 Å². The number of nitrogens with zero attached hydrogens (tertiary/aromatic N) is 2. The summed E-state index contributed by atoms with van der Waals surface area (Å²) in [4.78, 5) is 9.31. The summed E-state index contributed by atoms with van der Waals surface area (Å²) in [6.45, 7) is 2.41. The Hall–Kier alpha value is -1.56. The number of anilines is 3. The summed E-state index contributed by atoms with van der Waals surface area (Å²) in [5.74, 6) is 1.71. The zero-order valence-corrected chi connectivity index (χ0v) is 15.4. The average molecular weight is 345 g/mol. The summed E-state index contributed by atoms with van der Waals surface area (Å²) in [6.07, 6.45) is 13.5. The number of hydrogen-bond donors (Lipinski definition) is 4. The van der Waals surface area contributed by atoms with E-state index in [1.54, 1.807) is 0 Å². The Labute approximate surface area is 151 Å². The Kier molecular flexibility index (Phi) is 4.97. The van der Waals surface area contributed by atoms with Gasteiger partial charge in [-0.05, 0) is 56.9 Å². The second kappa shape index (κ2) is 7.36. The molecule has 1 spiro atoms. The van der Waals surface area contributed by atoms with Crippen molar-refractivity contribution in [2.45, 2.75) is 69.9 Å². The zero-order valence-electron chi connectivity index (χ0n) is 15.4. The minimum atomic E-state index is 0.506. The first-order valence-electron chi connectivity index (χ1n) is 10.0. The molecule has 6 heteroatoms. The number of rotatable bonds is 5. The van der Waals surface area contributed by atoms with Crippen LogP contribution < -0.4 is 21.3 Å². The van der Waals surface area contributed by atoms with Gasteiger partial charge in [-0.3, -0.25) is 0 Å². The molecule has 2 heterocycles. The van der Waals surface area contributed by atoms with Crippen LogP contribution >= 0.6 is 0 Å². The lowest BCUT2D eigenvalue weighted by atomic mass is 9.72. The van der Waals surface area contributed by atoms with Crippen molar-refractivity contribution in [1.29, 1.82) is 0 Å². The predicted molar refractivity (Wildman–Crippen MR) is 103 cm³/mol. The number of nitrogens with one attached hydrogen (secondary N) is 4. The van der Waals surface area contributed by atoms with Gasteiger partial charge in [0.2, 0.25) is 5.95 Å². The van der Waals surface area contributed by atoms with Gasteiger partial charge >= 0.3 is 0 Å². The molecule has 6 nitrogen and oxygen atoms in total. The molecule has 0 amide bonds. The molecule has 0 radical (unpaired) electrons. The molecule has 2 aliphatic carbocycles. The van der Waals surface area contributed by atoms with E-state index < -0.39 is 0 Å². The predicted octanol–water partition coefficient (Wildman–Crippen LogP) is 3.21. The zero-order chi connectivity index (χ0) is 17.1. The minimum Gasteiger partial charge on any atom is -0.384 e. The lowest BCUT2D eigenvalue weighted by Crippen LogP contribution is -2.35. The SMILES string of the molecule is CNc1cnc(NC2CCC3(CCNC3)CC2)nc1NC1CCCC1. The highest BCUT2D eigenvalue weighted by Gasteiger charge is 2.37. The maximum Gasteiger partial charge on any atom is 0.224 e. The largest absolute Gasteiger partial charge is 0.384 e. The van der Waals surface area contributed by atoms with Crippen LogP contribution in [0.2, 0.25) is 0 Å². The van der Waals surface area contributed by atoms with E-state index in [2.05, 4.69) is 26.3 Å². The van der Waals surface area contributed by atoms with E-state index >= 15 is 0 Å². The maximum absolute atomic E-state index is 4.78. The van der Waals surface area contributed by atoms with Gasteiger partial charge in [-0.25, -0.2) is 4.98 Å². The van der Waals surface area contributed by atoms with Crippen LogP contribution in [0.4, 0.5) is 17.5 Å². The molecule has 1 aliphatic heterocycles. The van der Waals surface area contributed by atoms with Crippen molar-refractivity contribution < 1.29 is 0 Å². The van der Waals surface area contributed by atoms with Crippen molar-refractivity contribution in [3.63, 3.8) is 0 Å². The molecular formula is C19H32N6. The van der Waals surface area contributed by atoms with E-state index in [1.165, 1.54) is 70.9 Å². The molecule has 1 aromatic rings. The summed E-state index contributed by atoms with van der Waals surface area (Å²) in [5.41, 5.74) is 1.56. The van der Waals surface area contributed by atoms with Gasteiger partial charge in [-0.2, -0.15) is 4.98 Å². The van der Waals surface area contributed by atoms with Gasteiger partial charge in [-0.1, -0.05) is 12.8 Å². The van der Waals surface area contributed by atoms with E-state index in [9.17, 15) is 0 Å². The normalized spacial score (nSPS) is 29.9. The van der Waals surface area contributed by atoms with Gasteiger partial charge in [-0.15, -0.1) is 0 Å². The molecule has 1 saturated heterocycles. The van der Waals surface area contributed by atoms with Crippen LogP contribution in [0.5, 0.6) is 0 Å². The van der Waals surface area contributed by atoms with Gasteiger partial charge in [0, 0.05) is 25.7 Å². The fourth-order valence-electron chi connectivity index (χ4n) is 4.79. The Balaban J connectivity index is 1.38. The van der Waals surface area contributed by atoms with Crippen LogP contribution in [0.25, 0.3) is 0 Å². The molecule has 3 fully saturated rings. The summed E-state index contributed by atoms with van der Waals surface area (Å²) in [5, 5.41) is 14.0. The van der Waals surface area contributed by atoms with Crippen molar-refractivity contribution in [2.75, 3.05) is 36.1 Å². The average Bonchev–Trinajstić information content (AvgIpc) is 3.30. The van der Waals surface area contributed by atoms with Gasteiger partial charge in [0.05, 0.1) is 11.9 Å². The number of hydrogen-bond acceptors (Lipinski definition) is 6. The highest BCUT2D eigenvalue weighted by Crippen LogP contribution is 2.41. The van der Waals surface area contributed by atoms with E-state index in [4.69, 9.17) is 4.98 Å². The highest BCUT2D eigenvalue weighted by molar-refractivity contribution is 5.65. The van der Waals surface area contributed by atoms with Crippen molar-refractivity contribution in [3.8, 4) is 0 Å². The lowest BCUT2D eigenvalue weighted by Gasteiger charge is -2.37. The van der Waals surface area contributed by atoms with E-state index in [0.717, 1.165) is 17.5 Å². The first kappa shape index (κ1) is 16.9. The second-order valence-electron chi connectivity index (χ2n) is 8.18. The second-order valence-corrected chi connectivity index (χ2v) is 8.18. The molecule has 1 aromatic heterocycles. The molecule has 3 aliphatic rings. The highest BCUT2D eigenvalue weighted by atomic mass is 15.2. The monoisotopic (exact) mass is 344 g/mol. The van der Waals surface area contributed by atoms with E-state index in [-0.39, 0.29) is 0 Å². The lowest BCUT2D eigenvalue weighted by molar-refractivity contribution is 0.205. The molecular weight excluding hydrogens is 312 g/mol. The fourth-order valence-corrected chi connectivity index (χ4v) is 4.79. The fraction of sp³-hybridized carbons (Fsp3) is 0.789. The molecule has 0 atom stereocenters. The third-order valence-corrected chi connectivity index (χ3v) is 6.47. The quantitative estimate of drug-likeness (QED) is 0.657. The molecule has 4 rings (SSSR count). The number of aromatic nitrogens is 2. The molecule has 138 valence electrons. The van der Waals surface area contributed by atoms with Gasteiger partial charge < -0.3 is 21.3 Å². The molecule has 4 N–H and O–H groups in total. The van der Waals surface area contributed by atoms with Crippen LogP contribution in [-0.2, 0) is 0 Å². The van der Waals surface area contributed by atoms with Crippen LogP contribution in [0.3, 0.4) is 0 Å². The van der Waals surface area contributed by atoms with Crippen LogP contribution in [0.1, 0.15) is 57.8 Å². The summed E-state index contributed by atoms with van der Waals surface area (Å²) < 4.78 is 0. The van der Waals surface area contributed by atoms with E-state index in [1.807, 2.05) is 13.2 Å².